The van der Waals surface area contributed by atoms with Gasteiger partial charge in [0.1, 0.15) is 11.9 Å². The van der Waals surface area contributed by atoms with Crippen LogP contribution in [0.25, 0.3) is 0 Å². The maximum Gasteiger partial charge on any atom is 0.328 e. The highest BCUT2D eigenvalue weighted by atomic mass is 79.9. The Hall–Kier alpha value is -2.77. The van der Waals surface area contributed by atoms with Crippen LogP contribution in [-0.4, -0.2) is 59.5 Å². The van der Waals surface area contributed by atoms with Crippen molar-refractivity contribution in [3.05, 3.63) is 63.4 Å². The van der Waals surface area contributed by atoms with Crippen molar-refractivity contribution in [1.29, 1.82) is 0 Å². The number of carbonyl (C=O) groups excluding carboxylic acids is 3. The van der Waals surface area contributed by atoms with Crippen LogP contribution in [0.5, 0.6) is 0 Å². The first-order valence-electron chi connectivity index (χ1n) is 12.6. The molecule has 0 saturated carbocycles. The van der Waals surface area contributed by atoms with Crippen LogP contribution in [0.15, 0.2) is 34.8 Å². The van der Waals surface area contributed by atoms with Gasteiger partial charge in [-0.3, -0.25) is 9.59 Å². The lowest BCUT2D eigenvalue weighted by Gasteiger charge is -2.25. The summed E-state index contributed by atoms with van der Waals surface area (Å²) >= 11 is 4.73. The minimum Gasteiger partial charge on any atom is -0.467 e. The Balaban J connectivity index is 1.63. The number of nitrogens with zero attached hydrogens (tertiary/aromatic N) is 1. The Kier molecular flexibility index (Phi) is 11.3. The third kappa shape index (κ3) is 8.14. The van der Waals surface area contributed by atoms with Crippen molar-refractivity contribution in [3.63, 3.8) is 0 Å². The van der Waals surface area contributed by atoms with Gasteiger partial charge in [0, 0.05) is 47.5 Å². The number of esters is 1. The van der Waals surface area contributed by atoms with Gasteiger partial charge in [0.15, 0.2) is 17.0 Å². The number of hydrogen-bond acceptors (Lipinski definition) is 7. The number of nitrogens with two attached hydrogens (primary N) is 1. The van der Waals surface area contributed by atoms with E-state index in [1.165, 1.54) is 23.8 Å². The van der Waals surface area contributed by atoms with Crippen molar-refractivity contribution >= 4 is 51.2 Å². The van der Waals surface area contributed by atoms with Crippen LogP contribution in [0.4, 0.5) is 18.9 Å². The lowest BCUT2D eigenvalue weighted by molar-refractivity contribution is -0.142. The second kappa shape index (κ2) is 14.2. The third-order valence-electron chi connectivity index (χ3n) is 6.40. The highest BCUT2D eigenvalue weighted by molar-refractivity contribution is 9.10. The minimum absolute atomic E-state index is 0.0618. The maximum absolute atomic E-state index is 14.0. The number of halogens is 4. The molecule has 13 heteroatoms. The average molecular weight is 646 g/mol. The van der Waals surface area contributed by atoms with E-state index in [-0.39, 0.29) is 36.8 Å². The predicted molar refractivity (Wildman–Crippen MR) is 151 cm³/mol. The summed E-state index contributed by atoms with van der Waals surface area (Å²) in [6.07, 6.45) is -0.372. The van der Waals surface area contributed by atoms with Gasteiger partial charge in [-0.05, 0) is 41.7 Å². The molecule has 3 rings (SSSR count). The van der Waals surface area contributed by atoms with E-state index in [0.29, 0.717) is 24.1 Å². The lowest BCUT2D eigenvalue weighted by Crippen LogP contribution is -2.46. The third-order valence-corrected chi connectivity index (χ3v) is 8.10. The Labute approximate surface area is 243 Å². The van der Waals surface area contributed by atoms with Gasteiger partial charge >= 0.3 is 5.97 Å². The van der Waals surface area contributed by atoms with Gasteiger partial charge in [-0.1, -0.05) is 35.8 Å². The maximum atomic E-state index is 14.0. The predicted octanol–water partition coefficient (Wildman–Crippen LogP) is 3.95. The molecule has 4 N–H and O–H groups in total. The van der Waals surface area contributed by atoms with E-state index in [1.54, 1.807) is 6.07 Å². The summed E-state index contributed by atoms with van der Waals surface area (Å²) in [6.45, 7) is 4.23. The monoisotopic (exact) mass is 644 g/mol. The summed E-state index contributed by atoms with van der Waals surface area (Å²) < 4.78 is 46.4. The van der Waals surface area contributed by atoms with Gasteiger partial charge in [-0.25, -0.2) is 18.0 Å². The Morgan fingerprint density at radius 2 is 1.82 bits per heavy atom. The fourth-order valence-corrected chi connectivity index (χ4v) is 5.78. The van der Waals surface area contributed by atoms with Crippen LogP contribution in [-0.2, 0) is 32.1 Å². The molecule has 2 amide bonds. The first kappa shape index (κ1) is 31.8. The van der Waals surface area contributed by atoms with Gasteiger partial charge in [-0.2, -0.15) is 0 Å². The number of amides is 2. The first-order valence-corrected chi connectivity index (χ1v) is 14.5. The standard InChI is InChI=1S/C27H32BrF3N4O4S/c1-14(2)24(27(38)39-3)34-22-10-17(28)5-4-15(22)13-33-25(37)26-35(6-7-40-26)23(36)11-18(32)8-16-9-20(30)21(31)12-19(16)29/h4-5,9-10,12,14,18,24,26,34H,6-8,11,13,32H2,1-3H3,(H,33,37)/t18-,24+,26+/m1/s1. The highest BCUT2D eigenvalue weighted by Gasteiger charge is 2.35. The van der Waals surface area contributed by atoms with E-state index in [4.69, 9.17) is 10.5 Å². The molecular formula is C27H32BrF3N4O4S. The fourth-order valence-electron chi connectivity index (χ4n) is 4.26. The zero-order valence-electron chi connectivity index (χ0n) is 22.3. The smallest absolute Gasteiger partial charge is 0.328 e. The number of hydrogen-bond donors (Lipinski definition) is 3. The number of methoxy groups -OCH3 is 1. The number of rotatable bonds is 11. The molecule has 0 unspecified atom stereocenters. The van der Waals surface area contributed by atoms with E-state index in [0.717, 1.165) is 16.1 Å². The summed E-state index contributed by atoms with van der Waals surface area (Å²) in [6, 6.07) is 5.14. The topological polar surface area (TPSA) is 114 Å². The van der Waals surface area contributed by atoms with Crippen LogP contribution in [0.1, 0.15) is 31.4 Å². The second-order valence-corrected chi connectivity index (χ2v) is 11.8. The largest absolute Gasteiger partial charge is 0.467 e. The van der Waals surface area contributed by atoms with E-state index >= 15 is 0 Å². The summed E-state index contributed by atoms with van der Waals surface area (Å²) in [7, 11) is 1.32. The zero-order valence-corrected chi connectivity index (χ0v) is 24.7. The quantitative estimate of drug-likeness (QED) is 0.251. The number of ether oxygens (including phenoxy) is 1. The van der Waals surface area contributed by atoms with Crippen molar-refractivity contribution in [2.24, 2.45) is 11.7 Å². The average Bonchev–Trinajstić information content (AvgIpc) is 3.39. The molecule has 1 heterocycles. The summed E-state index contributed by atoms with van der Waals surface area (Å²) in [4.78, 5) is 39.7. The molecule has 0 spiro atoms. The molecule has 2 aromatic rings. The van der Waals surface area contributed by atoms with Crippen molar-refractivity contribution in [1.82, 2.24) is 10.2 Å². The minimum atomic E-state index is -1.30. The van der Waals surface area contributed by atoms with Gasteiger partial charge in [0.25, 0.3) is 5.91 Å². The molecule has 2 aromatic carbocycles. The molecular weight excluding hydrogens is 613 g/mol. The van der Waals surface area contributed by atoms with Crippen LogP contribution < -0.4 is 16.4 Å². The molecule has 0 radical (unpaired) electrons. The molecule has 8 nitrogen and oxygen atoms in total. The van der Waals surface area contributed by atoms with Crippen molar-refractivity contribution in [2.45, 2.75) is 50.7 Å². The molecule has 218 valence electrons. The SMILES string of the molecule is COC(=O)[C@@H](Nc1cc(Br)ccc1CNC(=O)[C@@H]1SCCN1C(=O)C[C@H](N)Cc1cc(F)c(F)cc1F)C(C)C. The van der Waals surface area contributed by atoms with Gasteiger partial charge in [-0.15, -0.1) is 11.8 Å². The molecule has 0 bridgehead atoms. The molecule has 0 aliphatic carbocycles. The first-order chi connectivity index (χ1) is 18.9. The van der Waals surface area contributed by atoms with Crippen molar-refractivity contribution in [3.8, 4) is 0 Å². The fraction of sp³-hybridized carbons (Fsp3) is 0.444. The van der Waals surface area contributed by atoms with Gasteiger partial charge < -0.3 is 26.0 Å². The van der Waals surface area contributed by atoms with Crippen molar-refractivity contribution in [2.75, 3.05) is 24.7 Å². The van der Waals surface area contributed by atoms with Crippen LogP contribution in [0, 0.1) is 23.4 Å². The molecule has 40 heavy (non-hydrogen) atoms. The van der Waals surface area contributed by atoms with Crippen molar-refractivity contribution < 1.29 is 32.3 Å². The summed E-state index contributed by atoms with van der Waals surface area (Å²) in [5.74, 6) is -4.15. The number of anilines is 1. The normalized spacial score (nSPS) is 16.5. The molecule has 1 saturated heterocycles. The number of nitrogens with one attached hydrogen (secondary N) is 2. The molecule has 0 aromatic heterocycles. The van der Waals surface area contributed by atoms with Crippen LogP contribution >= 0.6 is 27.7 Å². The number of thioether (sulfide) groups is 1. The molecule has 3 atom stereocenters. The second-order valence-electron chi connectivity index (χ2n) is 9.74. The highest BCUT2D eigenvalue weighted by Crippen LogP contribution is 2.27. The van der Waals surface area contributed by atoms with E-state index in [9.17, 15) is 27.6 Å². The lowest BCUT2D eigenvalue weighted by atomic mass is 10.0. The summed E-state index contributed by atoms with van der Waals surface area (Å²) in [5.41, 5.74) is 7.26. The Morgan fingerprint density at radius 3 is 2.50 bits per heavy atom. The Morgan fingerprint density at radius 1 is 1.12 bits per heavy atom. The van der Waals surface area contributed by atoms with Gasteiger partial charge in [0.2, 0.25) is 5.91 Å². The number of benzene rings is 2. The van der Waals surface area contributed by atoms with Gasteiger partial charge in [0.05, 0.1) is 7.11 Å². The van der Waals surface area contributed by atoms with E-state index < -0.39 is 46.8 Å². The zero-order chi connectivity index (χ0) is 29.6. The van der Waals surface area contributed by atoms with Crippen LogP contribution in [0.3, 0.4) is 0 Å². The molecule has 1 aliphatic rings. The summed E-state index contributed by atoms with van der Waals surface area (Å²) in [5, 5.41) is 5.27. The number of carbonyl (C=O) groups is 3. The van der Waals surface area contributed by atoms with E-state index in [1.807, 2.05) is 26.0 Å². The molecule has 1 fully saturated rings. The van der Waals surface area contributed by atoms with Crippen LogP contribution in [0.2, 0.25) is 0 Å². The van der Waals surface area contributed by atoms with E-state index in [2.05, 4.69) is 26.6 Å². The Bertz CT molecular complexity index is 1250. The molecule has 1 aliphatic heterocycles.